The summed E-state index contributed by atoms with van der Waals surface area (Å²) >= 11 is 6.13. The number of imide groups is 1. The molecule has 0 fully saturated rings. The molecule has 1 heterocycles. The summed E-state index contributed by atoms with van der Waals surface area (Å²) in [5, 5.41) is 3.62. The average molecular weight is 447 g/mol. The van der Waals surface area contributed by atoms with Gasteiger partial charge in [-0.15, -0.1) is 0 Å². The Bertz CT molecular complexity index is 1250. The van der Waals surface area contributed by atoms with E-state index in [1.165, 1.54) is 0 Å². The second-order valence-corrected chi connectivity index (χ2v) is 8.00. The Morgan fingerprint density at radius 3 is 2.41 bits per heavy atom. The smallest absolute Gasteiger partial charge is 0.282 e. The van der Waals surface area contributed by atoms with E-state index in [1.54, 1.807) is 30.3 Å². The molecule has 32 heavy (non-hydrogen) atoms. The molecule has 5 nitrogen and oxygen atoms in total. The van der Waals surface area contributed by atoms with Crippen molar-refractivity contribution in [2.75, 3.05) is 16.8 Å². The molecule has 1 N–H and O–H groups in total. The van der Waals surface area contributed by atoms with Crippen molar-refractivity contribution in [2.45, 2.75) is 20.8 Å². The van der Waals surface area contributed by atoms with Crippen molar-refractivity contribution >= 4 is 40.4 Å². The van der Waals surface area contributed by atoms with E-state index in [-0.39, 0.29) is 5.70 Å². The molecule has 2 amide bonds. The maximum absolute atomic E-state index is 13.5. The second-order valence-electron chi connectivity index (χ2n) is 7.56. The first-order valence-corrected chi connectivity index (χ1v) is 10.7. The molecular weight excluding hydrogens is 424 g/mol. The predicted molar refractivity (Wildman–Crippen MR) is 128 cm³/mol. The number of halogens is 1. The van der Waals surface area contributed by atoms with Crippen LogP contribution >= 0.6 is 11.6 Å². The number of carbonyl (C=O) groups is 2. The Labute approximate surface area is 192 Å². The molecule has 0 atom stereocenters. The largest absolute Gasteiger partial charge is 0.494 e. The van der Waals surface area contributed by atoms with Crippen LogP contribution in [-0.4, -0.2) is 18.4 Å². The summed E-state index contributed by atoms with van der Waals surface area (Å²) in [7, 11) is 0. The van der Waals surface area contributed by atoms with Gasteiger partial charge in [-0.3, -0.25) is 9.59 Å². The lowest BCUT2D eigenvalue weighted by atomic mass is 9.99. The van der Waals surface area contributed by atoms with Crippen LogP contribution < -0.4 is 15.0 Å². The van der Waals surface area contributed by atoms with Gasteiger partial charge in [0, 0.05) is 16.8 Å². The Morgan fingerprint density at radius 2 is 1.69 bits per heavy atom. The molecule has 1 aliphatic rings. The standard InChI is InChI=1S/C26H23ClN2O3/c1-4-32-22-10-6-8-20(15-22)28-24-23(18-12-11-16(2)17(3)13-18)25(30)29(26(24)31)21-9-5-7-19(27)14-21/h5-15,28H,4H2,1-3H3. The molecular formula is C26H23ClN2O3. The van der Waals surface area contributed by atoms with E-state index in [2.05, 4.69) is 5.32 Å². The van der Waals surface area contributed by atoms with Gasteiger partial charge in [-0.25, -0.2) is 4.90 Å². The van der Waals surface area contributed by atoms with E-state index in [4.69, 9.17) is 16.3 Å². The highest BCUT2D eigenvalue weighted by Crippen LogP contribution is 2.35. The van der Waals surface area contributed by atoms with Gasteiger partial charge >= 0.3 is 0 Å². The summed E-state index contributed by atoms with van der Waals surface area (Å²) in [5.41, 5.74) is 4.44. The molecule has 0 radical (unpaired) electrons. The molecule has 0 saturated carbocycles. The normalized spacial score (nSPS) is 13.7. The minimum atomic E-state index is -0.438. The minimum Gasteiger partial charge on any atom is -0.494 e. The van der Waals surface area contributed by atoms with Crippen molar-refractivity contribution in [3.63, 3.8) is 0 Å². The molecule has 0 saturated heterocycles. The molecule has 0 aromatic heterocycles. The highest BCUT2D eigenvalue weighted by molar-refractivity contribution is 6.46. The predicted octanol–water partition coefficient (Wildman–Crippen LogP) is 5.75. The van der Waals surface area contributed by atoms with E-state index in [0.29, 0.717) is 39.9 Å². The average Bonchev–Trinajstić information content (AvgIpc) is 3.00. The maximum Gasteiger partial charge on any atom is 0.282 e. The molecule has 0 bridgehead atoms. The number of benzene rings is 3. The van der Waals surface area contributed by atoms with Crippen LogP contribution in [0.4, 0.5) is 11.4 Å². The fourth-order valence-corrected chi connectivity index (χ4v) is 3.82. The van der Waals surface area contributed by atoms with Crippen molar-refractivity contribution < 1.29 is 14.3 Å². The van der Waals surface area contributed by atoms with Gasteiger partial charge in [0.25, 0.3) is 11.8 Å². The Morgan fingerprint density at radius 1 is 0.906 bits per heavy atom. The van der Waals surface area contributed by atoms with Gasteiger partial charge in [-0.05, 0) is 67.8 Å². The zero-order valence-electron chi connectivity index (χ0n) is 18.1. The van der Waals surface area contributed by atoms with E-state index < -0.39 is 11.8 Å². The quantitative estimate of drug-likeness (QED) is 0.489. The van der Waals surface area contributed by atoms with E-state index >= 15 is 0 Å². The van der Waals surface area contributed by atoms with Gasteiger partial charge in [0.2, 0.25) is 0 Å². The molecule has 0 unspecified atom stereocenters. The van der Waals surface area contributed by atoms with Gasteiger partial charge in [0.1, 0.15) is 11.4 Å². The van der Waals surface area contributed by atoms with Crippen LogP contribution in [0.1, 0.15) is 23.6 Å². The molecule has 4 rings (SSSR count). The number of ether oxygens (including phenoxy) is 1. The van der Waals surface area contributed by atoms with Crippen LogP contribution in [0.5, 0.6) is 5.75 Å². The molecule has 3 aromatic carbocycles. The lowest BCUT2D eigenvalue weighted by molar-refractivity contribution is -0.120. The zero-order valence-corrected chi connectivity index (χ0v) is 18.9. The van der Waals surface area contributed by atoms with Crippen LogP contribution in [-0.2, 0) is 9.59 Å². The van der Waals surface area contributed by atoms with Crippen LogP contribution in [0.2, 0.25) is 5.02 Å². The van der Waals surface area contributed by atoms with Crippen LogP contribution in [0.3, 0.4) is 0 Å². The van der Waals surface area contributed by atoms with Gasteiger partial charge in [0.05, 0.1) is 17.9 Å². The Balaban J connectivity index is 1.82. The van der Waals surface area contributed by atoms with Crippen LogP contribution in [0.15, 0.2) is 72.4 Å². The number of hydrogen-bond acceptors (Lipinski definition) is 4. The van der Waals surface area contributed by atoms with Crippen molar-refractivity contribution in [3.05, 3.63) is 94.1 Å². The topological polar surface area (TPSA) is 58.6 Å². The van der Waals surface area contributed by atoms with Crippen molar-refractivity contribution in [3.8, 4) is 5.75 Å². The molecule has 1 aliphatic heterocycles. The first-order valence-electron chi connectivity index (χ1n) is 10.3. The van der Waals surface area contributed by atoms with E-state index in [9.17, 15) is 9.59 Å². The van der Waals surface area contributed by atoms with Gasteiger partial charge in [-0.1, -0.05) is 41.9 Å². The number of aryl methyl sites for hydroxylation is 2. The van der Waals surface area contributed by atoms with Crippen molar-refractivity contribution in [1.29, 1.82) is 0 Å². The first kappa shape index (κ1) is 21.7. The summed E-state index contributed by atoms with van der Waals surface area (Å²) in [5.74, 6) is -0.161. The minimum absolute atomic E-state index is 0.215. The SMILES string of the molecule is CCOc1cccc(NC2=C(c3ccc(C)c(C)c3)C(=O)N(c3cccc(Cl)c3)C2=O)c1. The lowest BCUT2D eigenvalue weighted by Gasteiger charge is -2.16. The number of nitrogens with zero attached hydrogens (tertiary/aromatic N) is 1. The van der Waals surface area contributed by atoms with E-state index in [0.717, 1.165) is 16.0 Å². The van der Waals surface area contributed by atoms with Crippen molar-refractivity contribution in [1.82, 2.24) is 0 Å². The number of hydrogen-bond donors (Lipinski definition) is 1. The van der Waals surface area contributed by atoms with Gasteiger partial charge in [0.15, 0.2) is 0 Å². The lowest BCUT2D eigenvalue weighted by Crippen LogP contribution is -2.32. The third-order valence-electron chi connectivity index (χ3n) is 5.36. The second kappa shape index (κ2) is 8.89. The number of amides is 2. The Hall–Kier alpha value is -3.57. The summed E-state index contributed by atoms with van der Waals surface area (Å²) in [4.78, 5) is 28.2. The molecule has 6 heteroatoms. The van der Waals surface area contributed by atoms with Gasteiger partial charge < -0.3 is 10.1 Å². The summed E-state index contributed by atoms with van der Waals surface area (Å²) in [6.07, 6.45) is 0. The highest BCUT2D eigenvalue weighted by Gasteiger charge is 2.40. The summed E-state index contributed by atoms with van der Waals surface area (Å²) in [6.45, 7) is 6.42. The summed E-state index contributed by atoms with van der Waals surface area (Å²) in [6, 6.07) is 19.8. The third kappa shape index (κ3) is 4.12. The molecule has 0 spiro atoms. The first-order chi connectivity index (χ1) is 15.4. The van der Waals surface area contributed by atoms with E-state index in [1.807, 2.05) is 57.2 Å². The Kier molecular flexibility index (Phi) is 6.01. The molecule has 162 valence electrons. The van der Waals surface area contributed by atoms with Gasteiger partial charge in [-0.2, -0.15) is 0 Å². The zero-order chi connectivity index (χ0) is 22.8. The fraction of sp³-hybridized carbons (Fsp3) is 0.154. The number of rotatable bonds is 6. The number of carbonyl (C=O) groups excluding carboxylic acids is 2. The van der Waals surface area contributed by atoms with Crippen LogP contribution in [0.25, 0.3) is 5.57 Å². The molecule has 0 aliphatic carbocycles. The maximum atomic E-state index is 13.5. The summed E-state index contributed by atoms with van der Waals surface area (Å²) < 4.78 is 5.57. The number of anilines is 2. The monoisotopic (exact) mass is 446 g/mol. The highest BCUT2D eigenvalue weighted by atomic mass is 35.5. The fourth-order valence-electron chi connectivity index (χ4n) is 3.63. The molecule has 3 aromatic rings. The van der Waals surface area contributed by atoms with Crippen LogP contribution in [0, 0.1) is 13.8 Å². The van der Waals surface area contributed by atoms with Crippen molar-refractivity contribution in [2.24, 2.45) is 0 Å². The third-order valence-corrected chi connectivity index (χ3v) is 5.60. The number of nitrogens with one attached hydrogen (secondary N) is 1.